The molecule has 0 spiro atoms. The number of rotatable bonds is 5. The van der Waals surface area contributed by atoms with Crippen molar-refractivity contribution in [2.24, 2.45) is 0 Å². The van der Waals surface area contributed by atoms with Gasteiger partial charge >= 0.3 is 5.69 Å². The minimum absolute atomic E-state index is 0.113. The highest BCUT2D eigenvalue weighted by atomic mass is 19.1. The van der Waals surface area contributed by atoms with Crippen molar-refractivity contribution in [1.29, 1.82) is 0 Å². The summed E-state index contributed by atoms with van der Waals surface area (Å²) in [5.74, 6) is 0.212. The van der Waals surface area contributed by atoms with E-state index in [0.29, 0.717) is 12.4 Å². The average molecular weight is 345 g/mol. The Morgan fingerprint density at radius 1 is 1.32 bits per heavy atom. The fraction of sp³-hybridized carbons (Fsp3) is 0.412. The van der Waals surface area contributed by atoms with Crippen LogP contribution in [-0.2, 0) is 6.54 Å². The van der Waals surface area contributed by atoms with Crippen LogP contribution in [0.1, 0.15) is 31.7 Å². The Morgan fingerprint density at radius 3 is 2.76 bits per heavy atom. The summed E-state index contributed by atoms with van der Waals surface area (Å²) in [6, 6.07) is 6.16. The molecule has 0 saturated carbocycles. The van der Waals surface area contributed by atoms with Crippen LogP contribution in [0.3, 0.4) is 0 Å². The van der Waals surface area contributed by atoms with Gasteiger partial charge in [0, 0.05) is 19.1 Å². The number of anilines is 2. The molecular formula is C17H20FN5O2. The van der Waals surface area contributed by atoms with Crippen molar-refractivity contribution in [2.45, 2.75) is 38.8 Å². The molecule has 2 aromatic rings. The molecule has 1 N–H and O–H groups in total. The third kappa shape index (κ3) is 3.84. The molecule has 0 bridgehead atoms. The summed E-state index contributed by atoms with van der Waals surface area (Å²) >= 11 is 0. The van der Waals surface area contributed by atoms with Gasteiger partial charge in [0.1, 0.15) is 12.1 Å². The van der Waals surface area contributed by atoms with E-state index in [0.717, 1.165) is 31.4 Å². The Morgan fingerprint density at radius 2 is 2.08 bits per heavy atom. The molecule has 1 aromatic heterocycles. The highest BCUT2D eigenvalue weighted by Crippen LogP contribution is 2.35. The van der Waals surface area contributed by atoms with Crippen LogP contribution in [0.15, 0.2) is 30.6 Å². The maximum Gasteiger partial charge on any atom is 0.353 e. The van der Waals surface area contributed by atoms with Crippen LogP contribution in [0, 0.1) is 15.9 Å². The second kappa shape index (κ2) is 7.42. The molecule has 1 atom stereocenters. The van der Waals surface area contributed by atoms with E-state index in [1.807, 2.05) is 4.90 Å². The van der Waals surface area contributed by atoms with Gasteiger partial charge in [-0.15, -0.1) is 0 Å². The van der Waals surface area contributed by atoms with Crippen molar-refractivity contribution in [3.63, 3.8) is 0 Å². The van der Waals surface area contributed by atoms with E-state index >= 15 is 0 Å². The van der Waals surface area contributed by atoms with E-state index in [-0.39, 0.29) is 23.4 Å². The summed E-state index contributed by atoms with van der Waals surface area (Å²) < 4.78 is 13.0. The lowest BCUT2D eigenvalue weighted by Gasteiger charge is -2.33. The van der Waals surface area contributed by atoms with Crippen molar-refractivity contribution in [3.05, 3.63) is 52.1 Å². The van der Waals surface area contributed by atoms with E-state index in [9.17, 15) is 14.5 Å². The minimum Gasteiger partial charge on any atom is -0.360 e. The Kier molecular flexibility index (Phi) is 5.06. The van der Waals surface area contributed by atoms with Crippen LogP contribution in [0.5, 0.6) is 0 Å². The van der Waals surface area contributed by atoms with Gasteiger partial charge in [0.15, 0.2) is 0 Å². The molecule has 3 rings (SSSR count). The molecule has 132 valence electrons. The molecule has 0 radical (unpaired) electrons. The largest absolute Gasteiger partial charge is 0.360 e. The lowest BCUT2D eigenvalue weighted by atomic mass is 10.0. The molecular weight excluding hydrogens is 325 g/mol. The van der Waals surface area contributed by atoms with E-state index in [1.165, 1.54) is 18.5 Å². The maximum atomic E-state index is 13.0. The van der Waals surface area contributed by atoms with Crippen LogP contribution in [0.4, 0.5) is 21.7 Å². The van der Waals surface area contributed by atoms with Crippen LogP contribution in [-0.4, -0.2) is 27.5 Å². The number of halogens is 1. The van der Waals surface area contributed by atoms with Crippen molar-refractivity contribution < 1.29 is 9.31 Å². The molecule has 1 aromatic carbocycles. The molecule has 1 fully saturated rings. The van der Waals surface area contributed by atoms with Gasteiger partial charge in [-0.05, 0) is 43.9 Å². The second-order valence-electron chi connectivity index (χ2n) is 6.17. The van der Waals surface area contributed by atoms with Crippen molar-refractivity contribution >= 4 is 17.3 Å². The van der Waals surface area contributed by atoms with Gasteiger partial charge < -0.3 is 10.2 Å². The Labute approximate surface area is 145 Å². The molecule has 1 unspecified atom stereocenters. The lowest BCUT2D eigenvalue weighted by Crippen LogP contribution is -2.38. The summed E-state index contributed by atoms with van der Waals surface area (Å²) in [7, 11) is 0. The molecule has 1 aliphatic heterocycles. The first kappa shape index (κ1) is 17.1. The van der Waals surface area contributed by atoms with Gasteiger partial charge in [-0.1, -0.05) is 12.1 Å². The summed E-state index contributed by atoms with van der Waals surface area (Å²) in [6.07, 6.45) is 4.44. The topological polar surface area (TPSA) is 84.2 Å². The molecule has 1 aliphatic rings. The number of nitrogens with zero attached hydrogens (tertiary/aromatic N) is 4. The monoisotopic (exact) mass is 345 g/mol. The first-order valence-corrected chi connectivity index (χ1v) is 8.30. The van der Waals surface area contributed by atoms with Gasteiger partial charge in [0.25, 0.3) is 0 Å². The quantitative estimate of drug-likeness (QED) is 0.659. The maximum absolute atomic E-state index is 13.0. The smallest absolute Gasteiger partial charge is 0.353 e. The summed E-state index contributed by atoms with van der Waals surface area (Å²) in [6.45, 7) is 3.11. The van der Waals surface area contributed by atoms with Gasteiger partial charge in [-0.3, -0.25) is 10.1 Å². The van der Waals surface area contributed by atoms with E-state index in [4.69, 9.17) is 0 Å². The third-order valence-electron chi connectivity index (χ3n) is 4.43. The first-order chi connectivity index (χ1) is 12.1. The minimum atomic E-state index is -0.441. The van der Waals surface area contributed by atoms with Crippen LogP contribution in [0.25, 0.3) is 0 Å². The van der Waals surface area contributed by atoms with E-state index in [2.05, 4.69) is 22.2 Å². The second-order valence-corrected chi connectivity index (χ2v) is 6.17. The number of piperidine rings is 1. The van der Waals surface area contributed by atoms with Crippen LogP contribution in [0.2, 0.25) is 0 Å². The van der Waals surface area contributed by atoms with E-state index < -0.39 is 4.92 Å². The molecule has 8 heteroatoms. The molecule has 2 heterocycles. The number of benzene rings is 1. The van der Waals surface area contributed by atoms with Crippen molar-refractivity contribution in [3.8, 4) is 0 Å². The molecule has 0 aliphatic carbocycles. The molecule has 7 nitrogen and oxygen atoms in total. The molecule has 0 amide bonds. The summed E-state index contributed by atoms with van der Waals surface area (Å²) in [5.41, 5.74) is 0.695. The van der Waals surface area contributed by atoms with Crippen molar-refractivity contribution in [1.82, 2.24) is 9.97 Å². The number of hydrogen-bond donors (Lipinski definition) is 1. The standard InChI is InChI=1S/C17H20FN5O2/c1-12-4-2-3-9-22(12)17-15(23(24)25)16(20-11-21-17)19-10-13-5-7-14(18)8-6-13/h5-8,11-12H,2-4,9-10H2,1H3,(H,19,20,21). The fourth-order valence-electron chi connectivity index (χ4n) is 3.08. The average Bonchev–Trinajstić information content (AvgIpc) is 2.61. The van der Waals surface area contributed by atoms with Crippen molar-refractivity contribution in [2.75, 3.05) is 16.8 Å². The van der Waals surface area contributed by atoms with Gasteiger partial charge in [-0.25, -0.2) is 14.4 Å². The zero-order chi connectivity index (χ0) is 17.8. The summed E-state index contributed by atoms with van der Waals surface area (Å²) in [4.78, 5) is 21.4. The van der Waals surface area contributed by atoms with Gasteiger partial charge in [-0.2, -0.15) is 0 Å². The third-order valence-corrected chi connectivity index (χ3v) is 4.43. The number of nitro groups is 1. The SMILES string of the molecule is CC1CCCCN1c1ncnc(NCc2ccc(F)cc2)c1[N+](=O)[O-]. The van der Waals surface area contributed by atoms with Gasteiger partial charge in [0.05, 0.1) is 4.92 Å². The van der Waals surface area contributed by atoms with Gasteiger partial charge in [0.2, 0.25) is 11.6 Å². The van der Waals surface area contributed by atoms with E-state index in [1.54, 1.807) is 12.1 Å². The number of aromatic nitrogens is 2. The van der Waals surface area contributed by atoms with Crippen LogP contribution < -0.4 is 10.2 Å². The van der Waals surface area contributed by atoms with Crippen LogP contribution >= 0.6 is 0 Å². The molecule has 1 saturated heterocycles. The zero-order valence-corrected chi connectivity index (χ0v) is 14.0. The first-order valence-electron chi connectivity index (χ1n) is 8.30. The highest BCUT2D eigenvalue weighted by Gasteiger charge is 2.30. The lowest BCUT2D eigenvalue weighted by molar-refractivity contribution is -0.383. The predicted octanol–water partition coefficient (Wildman–Crippen LogP) is 3.51. The fourth-order valence-corrected chi connectivity index (χ4v) is 3.08. The molecule has 25 heavy (non-hydrogen) atoms. The highest BCUT2D eigenvalue weighted by molar-refractivity contribution is 5.70. The Hall–Kier alpha value is -2.77. The number of nitrogens with one attached hydrogen (secondary N) is 1. The predicted molar refractivity (Wildman–Crippen MR) is 93.1 cm³/mol. The summed E-state index contributed by atoms with van der Waals surface area (Å²) in [5, 5.41) is 14.6. The normalized spacial score (nSPS) is 17.4. The Bertz CT molecular complexity index is 753. The Balaban J connectivity index is 1.87. The zero-order valence-electron chi connectivity index (χ0n) is 14.0. The number of hydrogen-bond acceptors (Lipinski definition) is 6.